The topological polar surface area (TPSA) is 49.4 Å². The molecule has 6 heteroatoms. The number of halogens is 2. The summed E-state index contributed by atoms with van der Waals surface area (Å²) >= 11 is 0. The van der Waals surface area contributed by atoms with Gasteiger partial charge in [-0.3, -0.25) is 9.59 Å². The van der Waals surface area contributed by atoms with Gasteiger partial charge in [-0.2, -0.15) is 0 Å². The highest BCUT2D eigenvalue weighted by atomic mass is 19.3. The van der Waals surface area contributed by atoms with Gasteiger partial charge in [0.1, 0.15) is 0 Å². The first-order valence-corrected chi connectivity index (χ1v) is 4.80. The van der Waals surface area contributed by atoms with Gasteiger partial charge in [0.25, 0.3) is 6.43 Å². The van der Waals surface area contributed by atoms with Crippen LogP contribution in [0.4, 0.5) is 8.78 Å². The maximum atomic E-state index is 12.0. The van der Waals surface area contributed by atoms with Gasteiger partial charge in [0.2, 0.25) is 11.8 Å². The molecule has 2 amide bonds. The monoisotopic (exact) mass is 220 g/mol. The molecule has 0 bridgehead atoms. The molecule has 1 unspecified atom stereocenters. The van der Waals surface area contributed by atoms with Crippen molar-refractivity contribution < 1.29 is 18.4 Å². The van der Waals surface area contributed by atoms with Gasteiger partial charge in [-0.05, 0) is 6.42 Å². The molecule has 1 N–H and O–H groups in total. The van der Waals surface area contributed by atoms with Gasteiger partial charge in [-0.25, -0.2) is 8.78 Å². The molecule has 1 saturated heterocycles. The zero-order valence-electron chi connectivity index (χ0n) is 8.50. The molecule has 15 heavy (non-hydrogen) atoms. The van der Waals surface area contributed by atoms with Gasteiger partial charge < -0.3 is 10.2 Å². The van der Waals surface area contributed by atoms with E-state index in [1.54, 1.807) is 0 Å². The lowest BCUT2D eigenvalue weighted by Gasteiger charge is -2.26. The standard InChI is InChI=1S/C9H14F2N2O2/c1-13(5-7(10)11)9(15)6-2-3-8(14)12-4-6/h6-7H,2-5H2,1H3,(H,12,14). The maximum Gasteiger partial charge on any atom is 0.255 e. The second-order valence-corrected chi connectivity index (χ2v) is 3.65. The summed E-state index contributed by atoms with van der Waals surface area (Å²) in [6.45, 7) is -0.297. The van der Waals surface area contributed by atoms with E-state index in [9.17, 15) is 18.4 Å². The van der Waals surface area contributed by atoms with Gasteiger partial charge in [-0.1, -0.05) is 0 Å². The number of hydrogen-bond donors (Lipinski definition) is 1. The third-order valence-corrected chi connectivity index (χ3v) is 2.40. The van der Waals surface area contributed by atoms with Crippen molar-refractivity contribution in [2.45, 2.75) is 19.3 Å². The minimum absolute atomic E-state index is 0.0874. The Morgan fingerprint density at radius 1 is 1.67 bits per heavy atom. The van der Waals surface area contributed by atoms with Crippen molar-refractivity contribution in [3.05, 3.63) is 0 Å². The summed E-state index contributed by atoms with van der Waals surface area (Å²) in [5, 5.41) is 2.55. The Morgan fingerprint density at radius 2 is 2.33 bits per heavy atom. The van der Waals surface area contributed by atoms with E-state index in [2.05, 4.69) is 5.32 Å². The molecule has 0 saturated carbocycles. The van der Waals surface area contributed by atoms with Crippen LogP contribution in [0.15, 0.2) is 0 Å². The lowest BCUT2D eigenvalue weighted by molar-refractivity contribution is -0.137. The Balaban J connectivity index is 2.42. The first kappa shape index (κ1) is 11.9. The molecule has 0 spiro atoms. The summed E-state index contributed by atoms with van der Waals surface area (Å²) in [6.07, 6.45) is -1.78. The zero-order valence-corrected chi connectivity index (χ0v) is 8.50. The SMILES string of the molecule is CN(CC(F)F)C(=O)C1CCC(=O)NC1. The Labute approximate surface area is 86.6 Å². The van der Waals surface area contributed by atoms with Crippen LogP contribution in [-0.4, -0.2) is 43.3 Å². The van der Waals surface area contributed by atoms with Gasteiger partial charge in [0.15, 0.2) is 0 Å². The quantitative estimate of drug-likeness (QED) is 0.740. The minimum atomic E-state index is -2.52. The Kier molecular flexibility index (Phi) is 3.99. The van der Waals surface area contributed by atoms with Crippen LogP contribution in [0.5, 0.6) is 0 Å². The summed E-state index contributed by atoms with van der Waals surface area (Å²) < 4.78 is 24.0. The molecule has 1 fully saturated rings. The number of carbonyl (C=O) groups excluding carboxylic acids is 2. The first-order chi connectivity index (χ1) is 7.00. The van der Waals surface area contributed by atoms with E-state index in [1.807, 2.05) is 0 Å². The van der Waals surface area contributed by atoms with E-state index < -0.39 is 13.0 Å². The van der Waals surface area contributed by atoms with Crippen LogP contribution in [-0.2, 0) is 9.59 Å². The van der Waals surface area contributed by atoms with E-state index >= 15 is 0 Å². The van der Waals surface area contributed by atoms with Crippen LogP contribution >= 0.6 is 0 Å². The van der Waals surface area contributed by atoms with Crippen molar-refractivity contribution in [1.82, 2.24) is 10.2 Å². The van der Waals surface area contributed by atoms with Crippen LogP contribution in [0.1, 0.15) is 12.8 Å². The molecule has 4 nitrogen and oxygen atoms in total. The van der Waals surface area contributed by atoms with Crippen LogP contribution in [0.3, 0.4) is 0 Å². The molecule has 1 aliphatic rings. The summed E-state index contributed by atoms with van der Waals surface area (Å²) in [5.41, 5.74) is 0. The fourth-order valence-corrected chi connectivity index (χ4v) is 1.55. The number of carbonyl (C=O) groups is 2. The van der Waals surface area contributed by atoms with Gasteiger partial charge in [0, 0.05) is 20.0 Å². The predicted molar refractivity (Wildman–Crippen MR) is 49.4 cm³/mol. The van der Waals surface area contributed by atoms with Crippen molar-refractivity contribution in [2.24, 2.45) is 5.92 Å². The molecule has 0 aromatic rings. The van der Waals surface area contributed by atoms with Gasteiger partial charge in [-0.15, -0.1) is 0 Å². The number of nitrogens with zero attached hydrogens (tertiary/aromatic N) is 1. The molecule has 0 aromatic carbocycles. The number of piperidine rings is 1. The Morgan fingerprint density at radius 3 is 2.80 bits per heavy atom. The second-order valence-electron chi connectivity index (χ2n) is 3.65. The summed E-state index contributed by atoms with van der Waals surface area (Å²) in [7, 11) is 1.35. The molecule has 1 aliphatic heterocycles. The normalized spacial score (nSPS) is 21.3. The molecular formula is C9H14F2N2O2. The Hall–Kier alpha value is -1.20. The molecular weight excluding hydrogens is 206 g/mol. The third kappa shape index (κ3) is 3.45. The van der Waals surface area contributed by atoms with Crippen molar-refractivity contribution in [3.8, 4) is 0 Å². The molecule has 1 rings (SSSR count). The van der Waals surface area contributed by atoms with Crippen LogP contribution in [0, 0.1) is 5.92 Å². The smallest absolute Gasteiger partial charge is 0.255 e. The van der Waals surface area contributed by atoms with Gasteiger partial charge >= 0.3 is 0 Å². The van der Waals surface area contributed by atoms with E-state index in [4.69, 9.17) is 0 Å². The van der Waals surface area contributed by atoms with Crippen LogP contribution in [0.2, 0.25) is 0 Å². The molecule has 86 valence electrons. The maximum absolute atomic E-state index is 12.0. The van der Waals surface area contributed by atoms with E-state index in [0.717, 1.165) is 4.90 Å². The van der Waals surface area contributed by atoms with Crippen LogP contribution < -0.4 is 5.32 Å². The van der Waals surface area contributed by atoms with Crippen molar-refractivity contribution in [3.63, 3.8) is 0 Å². The van der Waals surface area contributed by atoms with E-state index in [-0.39, 0.29) is 24.3 Å². The van der Waals surface area contributed by atoms with Crippen molar-refractivity contribution in [1.29, 1.82) is 0 Å². The fourth-order valence-electron chi connectivity index (χ4n) is 1.55. The summed E-state index contributed by atoms with van der Waals surface area (Å²) in [6, 6.07) is 0. The van der Waals surface area contributed by atoms with E-state index in [1.165, 1.54) is 7.05 Å². The first-order valence-electron chi connectivity index (χ1n) is 4.80. The summed E-state index contributed by atoms with van der Waals surface area (Å²) in [5.74, 6) is -0.766. The number of rotatable bonds is 3. The Bertz CT molecular complexity index is 248. The third-order valence-electron chi connectivity index (χ3n) is 2.40. The second kappa shape index (κ2) is 5.04. The summed E-state index contributed by atoms with van der Waals surface area (Å²) in [4.78, 5) is 23.4. The lowest BCUT2D eigenvalue weighted by atomic mass is 9.98. The number of alkyl halides is 2. The molecule has 0 aromatic heterocycles. The lowest BCUT2D eigenvalue weighted by Crippen LogP contribution is -2.44. The average molecular weight is 220 g/mol. The van der Waals surface area contributed by atoms with Gasteiger partial charge in [0.05, 0.1) is 12.5 Å². The highest BCUT2D eigenvalue weighted by molar-refractivity contribution is 5.83. The van der Waals surface area contributed by atoms with E-state index in [0.29, 0.717) is 12.8 Å². The van der Waals surface area contributed by atoms with Crippen molar-refractivity contribution in [2.75, 3.05) is 20.1 Å². The highest BCUT2D eigenvalue weighted by Crippen LogP contribution is 2.13. The largest absolute Gasteiger partial charge is 0.355 e. The van der Waals surface area contributed by atoms with Crippen LogP contribution in [0.25, 0.3) is 0 Å². The molecule has 0 radical (unpaired) electrons. The average Bonchev–Trinajstić information content (AvgIpc) is 2.17. The fraction of sp³-hybridized carbons (Fsp3) is 0.778. The van der Waals surface area contributed by atoms with Crippen molar-refractivity contribution >= 4 is 11.8 Å². The molecule has 0 aliphatic carbocycles. The predicted octanol–water partition coefficient (Wildman–Crippen LogP) is 0.236. The number of amides is 2. The number of hydrogen-bond acceptors (Lipinski definition) is 2. The highest BCUT2D eigenvalue weighted by Gasteiger charge is 2.27. The number of nitrogens with one attached hydrogen (secondary N) is 1. The minimum Gasteiger partial charge on any atom is -0.355 e. The zero-order chi connectivity index (χ0) is 11.4. The molecule has 1 heterocycles. The molecule has 1 atom stereocenters.